The maximum absolute atomic E-state index is 13.4. The molecule has 0 aromatic carbocycles. The second-order valence-electron chi connectivity index (χ2n) is 10.6. The first-order valence-electron chi connectivity index (χ1n) is 13.3. The summed E-state index contributed by atoms with van der Waals surface area (Å²) in [5.41, 5.74) is 7.73. The van der Waals surface area contributed by atoms with Crippen LogP contribution in [-0.4, -0.2) is 88.5 Å². The minimum Gasteiger partial charge on any atom is -0.368 e. The SMILES string of the molecule is CN1CCN(CC(NC(=O)CC2CNC(=O)c3cc(-c4ccnc(N)n4)cn32)C2CCCCC2)CC1. The molecule has 4 heterocycles. The van der Waals surface area contributed by atoms with Gasteiger partial charge in [-0.3, -0.25) is 14.5 Å². The van der Waals surface area contributed by atoms with Crippen molar-refractivity contribution in [1.29, 1.82) is 0 Å². The van der Waals surface area contributed by atoms with Crippen LogP contribution in [0.3, 0.4) is 0 Å². The first-order valence-corrected chi connectivity index (χ1v) is 13.3. The third-order valence-corrected chi connectivity index (χ3v) is 7.98. The number of nitrogens with zero attached hydrogens (tertiary/aromatic N) is 5. The minimum atomic E-state index is -0.152. The highest BCUT2D eigenvalue weighted by Crippen LogP contribution is 2.29. The van der Waals surface area contributed by atoms with E-state index >= 15 is 0 Å². The fraction of sp³-hybridized carbons (Fsp3) is 0.615. The molecule has 0 spiro atoms. The van der Waals surface area contributed by atoms with Gasteiger partial charge in [-0.1, -0.05) is 19.3 Å². The monoisotopic (exact) mass is 494 g/mol. The Morgan fingerprint density at radius 2 is 2.00 bits per heavy atom. The Bertz CT molecular complexity index is 1070. The van der Waals surface area contributed by atoms with Crippen LogP contribution in [0.2, 0.25) is 0 Å². The number of rotatable bonds is 7. The van der Waals surface area contributed by atoms with Gasteiger partial charge >= 0.3 is 0 Å². The van der Waals surface area contributed by atoms with Crippen LogP contribution in [-0.2, 0) is 4.79 Å². The van der Waals surface area contributed by atoms with Gasteiger partial charge in [0.15, 0.2) is 0 Å². The first-order chi connectivity index (χ1) is 17.5. The number of carbonyl (C=O) groups is 2. The topological polar surface area (TPSA) is 121 Å². The Morgan fingerprint density at radius 3 is 2.75 bits per heavy atom. The van der Waals surface area contributed by atoms with Crippen LogP contribution in [0.15, 0.2) is 24.5 Å². The van der Waals surface area contributed by atoms with Gasteiger partial charge in [0, 0.05) is 69.7 Å². The molecule has 5 rings (SSSR count). The number of amides is 2. The van der Waals surface area contributed by atoms with E-state index in [0.29, 0.717) is 30.3 Å². The van der Waals surface area contributed by atoms with Crippen LogP contribution in [0.1, 0.15) is 55.1 Å². The second-order valence-corrected chi connectivity index (χ2v) is 10.6. The number of aromatic nitrogens is 3. The number of carbonyl (C=O) groups excluding carboxylic acids is 2. The fourth-order valence-electron chi connectivity index (χ4n) is 5.85. The Balaban J connectivity index is 1.28. The van der Waals surface area contributed by atoms with E-state index in [0.717, 1.165) is 38.3 Å². The van der Waals surface area contributed by atoms with Gasteiger partial charge < -0.3 is 25.8 Å². The normalized spacial score (nSPS) is 22.6. The lowest BCUT2D eigenvalue weighted by Crippen LogP contribution is -2.53. The van der Waals surface area contributed by atoms with Crippen molar-refractivity contribution in [2.45, 2.75) is 50.6 Å². The van der Waals surface area contributed by atoms with Gasteiger partial charge in [-0.2, -0.15) is 0 Å². The highest BCUT2D eigenvalue weighted by atomic mass is 16.2. The molecular weight excluding hydrogens is 456 g/mol. The zero-order chi connectivity index (χ0) is 25.1. The maximum Gasteiger partial charge on any atom is 0.268 e. The number of nitrogens with one attached hydrogen (secondary N) is 2. The molecule has 2 unspecified atom stereocenters. The lowest BCUT2D eigenvalue weighted by molar-refractivity contribution is -0.123. The summed E-state index contributed by atoms with van der Waals surface area (Å²) in [6.07, 6.45) is 9.98. The number of piperazine rings is 1. The van der Waals surface area contributed by atoms with Crippen LogP contribution in [0.4, 0.5) is 5.95 Å². The molecule has 36 heavy (non-hydrogen) atoms. The molecule has 2 fully saturated rings. The predicted molar refractivity (Wildman–Crippen MR) is 138 cm³/mol. The van der Waals surface area contributed by atoms with Crippen molar-refractivity contribution >= 4 is 17.8 Å². The number of anilines is 1. The molecule has 2 aromatic rings. The van der Waals surface area contributed by atoms with Crippen molar-refractivity contribution in [3.8, 4) is 11.3 Å². The number of nitrogen functional groups attached to an aromatic ring is 1. The zero-order valence-electron chi connectivity index (χ0n) is 21.2. The number of likely N-dealkylation sites (N-methyl/N-ethyl adjacent to an activating group) is 1. The molecule has 10 nitrogen and oxygen atoms in total. The summed E-state index contributed by atoms with van der Waals surface area (Å²) in [6, 6.07) is 3.59. The highest BCUT2D eigenvalue weighted by molar-refractivity contribution is 5.95. The largest absolute Gasteiger partial charge is 0.368 e. The molecule has 10 heteroatoms. The quantitative estimate of drug-likeness (QED) is 0.533. The minimum absolute atomic E-state index is 0.0494. The van der Waals surface area contributed by atoms with Crippen LogP contribution in [0.25, 0.3) is 11.3 Å². The van der Waals surface area contributed by atoms with Gasteiger partial charge in [-0.05, 0) is 37.9 Å². The zero-order valence-corrected chi connectivity index (χ0v) is 21.2. The van der Waals surface area contributed by atoms with Crippen molar-refractivity contribution in [2.75, 3.05) is 52.0 Å². The molecule has 2 aliphatic heterocycles. The smallest absolute Gasteiger partial charge is 0.268 e. The molecule has 3 aliphatic rings. The molecule has 2 atom stereocenters. The van der Waals surface area contributed by atoms with Crippen molar-refractivity contribution in [2.24, 2.45) is 5.92 Å². The van der Waals surface area contributed by atoms with E-state index < -0.39 is 0 Å². The van der Waals surface area contributed by atoms with Gasteiger partial charge in [0.1, 0.15) is 5.69 Å². The van der Waals surface area contributed by atoms with E-state index in [-0.39, 0.29) is 29.8 Å². The molecular formula is C26H38N8O2. The third kappa shape index (κ3) is 5.70. The number of fused-ring (bicyclic) bond motifs is 1. The van der Waals surface area contributed by atoms with E-state index in [2.05, 4.69) is 37.4 Å². The van der Waals surface area contributed by atoms with Gasteiger partial charge in [0.05, 0.1) is 11.7 Å². The Labute approximate surface area is 212 Å². The molecule has 2 aromatic heterocycles. The molecule has 1 saturated carbocycles. The summed E-state index contributed by atoms with van der Waals surface area (Å²) in [6.45, 7) is 5.58. The van der Waals surface area contributed by atoms with E-state index in [1.54, 1.807) is 18.3 Å². The molecule has 4 N–H and O–H groups in total. The summed E-state index contributed by atoms with van der Waals surface area (Å²) in [7, 11) is 2.17. The fourth-order valence-corrected chi connectivity index (χ4v) is 5.85. The molecule has 2 amide bonds. The molecule has 0 radical (unpaired) electrons. The first kappa shape index (κ1) is 24.7. The molecule has 194 valence electrons. The molecule has 0 bridgehead atoms. The van der Waals surface area contributed by atoms with Crippen LogP contribution in [0.5, 0.6) is 0 Å². The van der Waals surface area contributed by atoms with Gasteiger partial charge in [-0.25, -0.2) is 9.97 Å². The maximum atomic E-state index is 13.4. The number of nitrogens with two attached hydrogens (primary N) is 1. The summed E-state index contributed by atoms with van der Waals surface area (Å²) in [5, 5.41) is 6.37. The van der Waals surface area contributed by atoms with Crippen LogP contribution in [0, 0.1) is 5.92 Å². The van der Waals surface area contributed by atoms with Crippen LogP contribution < -0.4 is 16.4 Å². The van der Waals surface area contributed by atoms with Crippen LogP contribution >= 0.6 is 0 Å². The summed E-state index contributed by atoms with van der Waals surface area (Å²) in [5.74, 6) is 0.625. The lowest BCUT2D eigenvalue weighted by Gasteiger charge is -2.38. The average molecular weight is 495 g/mol. The Kier molecular flexibility index (Phi) is 7.52. The number of hydrogen-bond donors (Lipinski definition) is 3. The van der Waals surface area contributed by atoms with Crippen molar-refractivity contribution in [3.63, 3.8) is 0 Å². The molecule has 1 aliphatic carbocycles. The van der Waals surface area contributed by atoms with Crippen molar-refractivity contribution < 1.29 is 9.59 Å². The summed E-state index contributed by atoms with van der Waals surface area (Å²) in [4.78, 5) is 39.0. The van der Waals surface area contributed by atoms with E-state index in [4.69, 9.17) is 5.73 Å². The molecule has 1 saturated heterocycles. The number of hydrogen-bond acceptors (Lipinski definition) is 7. The van der Waals surface area contributed by atoms with E-state index in [1.165, 1.54) is 32.1 Å². The van der Waals surface area contributed by atoms with Gasteiger partial charge in [0.25, 0.3) is 5.91 Å². The highest BCUT2D eigenvalue weighted by Gasteiger charge is 2.31. The van der Waals surface area contributed by atoms with Crippen molar-refractivity contribution in [3.05, 3.63) is 30.2 Å². The Morgan fingerprint density at radius 1 is 1.22 bits per heavy atom. The predicted octanol–water partition coefficient (Wildman–Crippen LogP) is 1.51. The average Bonchev–Trinajstić information content (AvgIpc) is 3.34. The van der Waals surface area contributed by atoms with Gasteiger partial charge in [-0.15, -0.1) is 0 Å². The van der Waals surface area contributed by atoms with Gasteiger partial charge in [0.2, 0.25) is 11.9 Å². The third-order valence-electron chi connectivity index (χ3n) is 7.98. The Hall–Kier alpha value is -2.98. The summed E-state index contributed by atoms with van der Waals surface area (Å²) < 4.78 is 1.92. The van der Waals surface area contributed by atoms with Crippen molar-refractivity contribution in [1.82, 2.24) is 35.0 Å². The summed E-state index contributed by atoms with van der Waals surface area (Å²) >= 11 is 0. The lowest BCUT2D eigenvalue weighted by atomic mass is 9.83. The second kappa shape index (κ2) is 11.0. The standard InChI is InChI=1S/C26H38N8O2/c1-32-9-11-33(12-10-32)17-22(18-5-3-2-4-6-18)30-24(35)14-20-15-29-25(36)23-13-19(16-34(20)23)21-7-8-28-26(27)31-21/h7-8,13,16,18,20,22H,2-6,9-12,14-15,17H2,1H3,(H,29,36)(H,30,35)(H2,27,28,31). The van der Waals surface area contributed by atoms with E-state index in [1.807, 2.05) is 10.8 Å². The van der Waals surface area contributed by atoms with E-state index in [9.17, 15) is 9.59 Å².